The minimum Gasteiger partial charge on any atom is -0.354 e. The number of halogens is 3. The molecule has 0 radical (unpaired) electrons. The quantitative estimate of drug-likeness (QED) is 0.912. The fourth-order valence-electron chi connectivity index (χ4n) is 2.25. The number of likely N-dealkylation sites (tertiary alicyclic amines) is 1. The van der Waals surface area contributed by atoms with Crippen LogP contribution in [0.25, 0.3) is 0 Å². The number of aromatic nitrogens is 2. The number of anilines is 1. The first-order chi connectivity index (χ1) is 8.92. The molecule has 2 rings (SSSR count). The molecule has 0 aromatic carbocycles. The van der Waals surface area contributed by atoms with E-state index < -0.39 is 12.7 Å². The van der Waals surface area contributed by atoms with Gasteiger partial charge in [-0.25, -0.2) is 9.97 Å². The monoisotopic (exact) mass is 274 g/mol. The Hall–Kier alpha value is -1.37. The van der Waals surface area contributed by atoms with Gasteiger partial charge in [0.2, 0.25) is 5.95 Å². The van der Waals surface area contributed by atoms with E-state index in [1.165, 1.54) is 4.90 Å². The van der Waals surface area contributed by atoms with Crippen molar-refractivity contribution < 1.29 is 13.2 Å². The first-order valence-corrected chi connectivity index (χ1v) is 6.25. The Balaban J connectivity index is 1.76. The minimum absolute atomic E-state index is 0.214. The van der Waals surface area contributed by atoms with Gasteiger partial charge in [0.25, 0.3) is 0 Å². The maximum Gasteiger partial charge on any atom is 0.401 e. The van der Waals surface area contributed by atoms with Crippen LogP contribution in [0.3, 0.4) is 0 Å². The molecule has 1 saturated heterocycles. The van der Waals surface area contributed by atoms with Crippen molar-refractivity contribution in [1.29, 1.82) is 0 Å². The van der Waals surface area contributed by atoms with Crippen molar-refractivity contribution in [2.75, 3.05) is 31.5 Å². The lowest BCUT2D eigenvalue weighted by molar-refractivity contribution is -0.143. The van der Waals surface area contributed by atoms with Crippen LogP contribution < -0.4 is 5.32 Å². The number of aryl methyl sites for hydroxylation is 1. The molecular formula is C12H17F3N4. The average Bonchev–Trinajstić information content (AvgIpc) is 2.72. The Kier molecular flexibility index (Phi) is 4.24. The molecule has 1 aliphatic heterocycles. The third-order valence-corrected chi connectivity index (χ3v) is 3.12. The van der Waals surface area contributed by atoms with E-state index in [1.54, 1.807) is 12.3 Å². The van der Waals surface area contributed by atoms with Gasteiger partial charge >= 0.3 is 6.18 Å². The zero-order chi connectivity index (χ0) is 13.9. The van der Waals surface area contributed by atoms with Crippen molar-refractivity contribution in [3.05, 3.63) is 18.0 Å². The number of hydrogen-bond acceptors (Lipinski definition) is 4. The van der Waals surface area contributed by atoms with Gasteiger partial charge in [-0.05, 0) is 31.9 Å². The number of alkyl halides is 3. The zero-order valence-corrected chi connectivity index (χ0v) is 10.7. The van der Waals surface area contributed by atoms with Gasteiger partial charge in [0, 0.05) is 25.0 Å². The molecule has 2 heterocycles. The molecule has 1 fully saturated rings. The van der Waals surface area contributed by atoms with Crippen LogP contribution in [0.1, 0.15) is 12.1 Å². The molecule has 1 atom stereocenters. The molecule has 106 valence electrons. The van der Waals surface area contributed by atoms with E-state index >= 15 is 0 Å². The molecule has 0 amide bonds. The molecule has 19 heavy (non-hydrogen) atoms. The van der Waals surface area contributed by atoms with E-state index in [0.29, 0.717) is 25.6 Å². The Bertz CT molecular complexity index is 422. The first-order valence-electron chi connectivity index (χ1n) is 6.25. The molecule has 1 aromatic rings. The Morgan fingerprint density at radius 1 is 1.47 bits per heavy atom. The van der Waals surface area contributed by atoms with Crippen molar-refractivity contribution in [3.63, 3.8) is 0 Å². The molecule has 0 bridgehead atoms. The Morgan fingerprint density at radius 3 is 2.95 bits per heavy atom. The topological polar surface area (TPSA) is 41.1 Å². The van der Waals surface area contributed by atoms with E-state index in [2.05, 4.69) is 15.3 Å². The lowest BCUT2D eigenvalue weighted by Gasteiger charge is -2.18. The molecule has 4 nitrogen and oxygen atoms in total. The molecule has 7 heteroatoms. The van der Waals surface area contributed by atoms with Crippen molar-refractivity contribution in [1.82, 2.24) is 14.9 Å². The van der Waals surface area contributed by atoms with Crippen molar-refractivity contribution in [2.45, 2.75) is 19.5 Å². The van der Waals surface area contributed by atoms with Crippen LogP contribution in [0, 0.1) is 12.8 Å². The summed E-state index contributed by atoms with van der Waals surface area (Å²) in [5, 5.41) is 3.08. The van der Waals surface area contributed by atoms with Gasteiger partial charge in [0.15, 0.2) is 0 Å². The smallest absolute Gasteiger partial charge is 0.354 e. The van der Waals surface area contributed by atoms with E-state index in [1.807, 2.05) is 6.92 Å². The second kappa shape index (κ2) is 5.73. The van der Waals surface area contributed by atoms with Crippen LogP contribution in [0.2, 0.25) is 0 Å². The molecule has 0 saturated carbocycles. The predicted octanol–water partition coefficient (Wildman–Crippen LogP) is 2.08. The molecule has 0 spiro atoms. The summed E-state index contributed by atoms with van der Waals surface area (Å²) < 4.78 is 36.8. The molecule has 1 aliphatic rings. The van der Waals surface area contributed by atoms with Crippen LogP contribution in [0.4, 0.5) is 19.1 Å². The first kappa shape index (κ1) is 14.0. The largest absolute Gasteiger partial charge is 0.401 e. The number of nitrogens with zero attached hydrogens (tertiary/aromatic N) is 3. The summed E-state index contributed by atoms with van der Waals surface area (Å²) in [6, 6.07) is 1.80. The minimum atomic E-state index is -4.11. The summed E-state index contributed by atoms with van der Waals surface area (Å²) in [6.45, 7) is 2.63. The highest BCUT2D eigenvalue weighted by Crippen LogP contribution is 2.22. The van der Waals surface area contributed by atoms with E-state index in [0.717, 1.165) is 12.1 Å². The van der Waals surface area contributed by atoms with E-state index in [-0.39, 0.29) is 5.92 Å². The standard InChI is InChI=1S/C12H17F3N4/c1-9-2-4-16-11(18-9)17-6-10-3-5-19(7-10)8-12(13,14)15/h2,4,10H,3,5-8H2,1H3,(H,16,17,18). The molecule has 1 aromatic heterocycles. The van der Waals surface area contributed by atoms with Gasteiger partial charge in [-0.15, -0.1) is 0 Å². The van der Waals surface area contributed by atoms with Gasteiger partial charge in [-0.2, -0.15) is 13.2 Å². The zero-order valence-electron chi connectivity index (χ0n) is 10.7. The predicted molar refractivity (Wildman–Crippen MR) is 65.9 cm³/mol. The molecule has 0 aliphatic carbocycles. The van der Waals surface area contributed by atoms with Crippen LogP contribution in [-0.2, 0) is 0 Å². The summed E-state index contributed by atoms with van der Waals surface area (Å²) in [5.74, 6) is 0.751. The lowest BCUT2D eigenvalue weighted by atomic mass is 10.1. The second-order valence-corrected chi connectivity index (χ2v) is 4.91. The summed E-state index contributed by atoms with van der Waals surface area (Å²) in [7, 11) is 0. The normalized spacial score (nSPS) is 20.7. The van der Waals surface area contributed by atoms with Gasteiger partial charge in [-0.3, -0.25) is 4.90 Å². The van der Waals surface area contributed by atoms with Crippen LogP contribution in [0.5, 0.6) is 0 Å². The Morgan fingerprint density at radius 2 is 2.26 bits per heavy atom. The van der Waals surface area contributed by atoms with E-state index in [9.17, 15) is 13.2 Å². The van der Waals surface area contributed by atoms with Crippen LogP contribution in [0.15, 0.2) is 12.3 Å². The maximum absolute atomic E-state index is 12.3. The van der Waals surface area contributed by atoms with Crippen LogP contribution in [-0.4, -0.2) is 47.2 Å². The van der Waals surface area contributed by atoms with Gasteiger partial charge in [0.1, 0.15) is 0 Å². The van der Waals surface area contributed by atoms with Crippen molar-refractivity contribution in [2.24, 2.45) is 5.92 Å². The fraction of sp³-hybridized carbons (Fsp3) is 0.667. The summed E-state index contributed by atoms with van der Waals surface area (Å²) >= 11 is 0. The highest BCUT2D eigenvalue weighted by molar-refractivity contribution is 5.24. The van der Waals surface area contributed by atoms with Gasteiger partial charge in [0.05, 0.1) is 6.54 Å². The second-order valence-electron chi connectivity index (χ2n) is 4.91. The summed E-state index contributed by atoms with van der Waals surface area (Å²) in [6.07, 6.45) is -1.67. The highest BCUT2D eigenvalue weighted by atomic mass is 19.4. The SMILES string of the molecule is Cc1ccnc(NCC2CCN(CC(F)(F)F)C2)n1. The third kappa shape index (κ3) is 4.66. The maximum atomic E-state index is 12.3. The lowest BCUT2D eigenvalue weighted by Crippen LogP contribution is -2.33. The highest BCUT2D eigenvalue weighted by Gasteiger charge is 2.34. The number of rotatable bonds is 4. The summed E-state index contributed by atoms with van der Waals surface area (Å²) in [5.41, 5.74) is 0.864. The number of hydrogen-bond donors (Lipinski definition) is 1. The third-order valence-electron chi connectivity index (χ3n) is 3.12. The molecule has 1 unspecified atom stereocenters. The fourth-order valence-corrected chi connectivity index (χ4v) is 2.25. The van der Waals surface area contributed by atoms with E-state index in [4.69, 9.17) is 0 Å². The van der Waals surface area contributed by atoms with Gasteiger partial charge in [-0.1, -0.05) is 0 Å². The van der Waals surface area contributed by atoms with Gasteiger partial charge < -0.3 is 5.32 Å². The molecular weight excluding hydrogens is 257 g/mol. The molecule has 1 N–H and O–H groups in total. The average molecular weight is 274 g/mol. The van der Waals surface area contributed by atoms with Crippen molar-refractivity contribution >= 4 is 5.95 Å². The number of nitrogens with one attached hydrogen (secondary N) is 1. The summed E-state index contributed by atoms with van der Waals surface area (Å²) in [4.78, 5) is 9.71. The van der Waals surface area contributed by atoms with Crippen LogP contribution >= 0.6 is 0 Å². The Labute approximate surface area is 110 Å². The van der Waals surface area contributed by atoms with Crippen molar-refractivity contribution in [3.8, 4) is 0 Å².